The third kappa shape index (κ3) is 2.87. The molecular weight excluding hydrogens is 271 g/mol. The highest BCUT2D eigenvalue weighted by molar-refractivity contribution is 5.98. The quantitative estimate of drug-likeness (QED) is 0.811. The topological polar surface area (TPSA) is 47.8 Å². The molecule has 0 fully saturated rings. The average Bonchev–Trinajstić information content (AvgIpc) is 2.85. The van der Waals surface area contributed by atoms with Gasteiger partial charge in [0, 0.05) is 12.1 Å². The van der Waals surface area contributed by atoms with Crippen LogP contribution in [0.2, 0.25) is 0 Å². The van der Waals surface area contributed by atoms with Crippen molar-refractivity contribution >= 4 is 5.78 Å². The van der Waals surface area contributed by atoms with Gasteiger partial charge in [0.15, 0.2) is 5.78 Å². The fraction of sp³-hybridized carbons (Fsp3) is 0.308. The molecule has 0 atom stereocenters. The van der Waals surface area contributed by atoms with E-state index in [1.807, 2.05) is 6.92 Å². The largest absolute Gasteiger partial charge is 0.417 e. The Hall–Kier alpha value is -2.18. The zero-order chi connectivity index (χ0) is 14.8. The van der Waals surface area contributed by atoms with Crippen molar-refractivity contribution in [1.82, 2.24) is 14.8 Å². The summed E-state index contributed by atoms with van der Waals surface area (Å²) in [5, 5.41) is 3.88. The van der Waals surface area contributed by atoms with Crippen LogP contribution in [0.4, 0.5) is 13.2 Å². The molecule has 2 aromatic rings. The number of alkyl halides is 3. The number of nitrogens with zero attached hydrogens (tertiary/aromatic N) is 3. The number of rotatable bonds is 4. The molecule has 0 saturated heterocycles. The van der Waals surface area contributed by atoms with Crippen molar-refractivity contribution in [2.24, 2.45) is 0 Å². The van der Waals surface area contributed by atoms with Gasteiger partial charge < -0.3 is 0 Å². The number of aromatic nitrogens is 3. The van der Waals surface area contributed by atoms with Crippen molar-refractivity contribution in [2.45, 2.75) is 26.1 Å². The SMILES string of the molecule is CCn1ncnc1CC(=O)c1ccccc1C(F)(F)F. The number of carbonyl (C=O) groups is 1. The van der Waals surface area contributed by atoms with Gasteiger partial charge in [0.25, 0.3) is 0 Å². The molecule has 7 heteroatoms. The van der Waals surface area contributed by atoms with Gasteiger partial charge in [-0.3, -0.25) is 4.79 Å². The van der Waals surface area contributed by atoms with Crippen LogP contribution >= 0.6 is 0 Å². The van der Waals surface area contributed by atoms with Crippen LogP contribution in [0.25, 0.3) is 0 Å². The molecule has 0 bridgehead atoms. The summed E-state index contributed by atoms with van der Waals surface area (Å²) in [6, 6.07) is 4.75. The van der Waals surface area contributed by atoms with Crippen molar-refractivity contribution < 1.29 is 18.0 Å². The van der Waals surface area contributed by atoms with Crippen LogP contribution < -0.4 is 0 Å². The molecule has 1 aromatic heterocycles. The predicted octanol–water partition coefficient (Wildman–Crippen LogP) is 2.74. The lowest BCUT2D eigenvalue weighted by atomic mass is 10.0. The number of hydrogen-bond donors (Lipinski definition) is 0. The number of benzene rings is 1. The van der Waals surface area contributed by atoms with Crippen molar-refractivity contribution in [1.29, 1.82) is 0 Å². The van der Waals surface area contributed by atoms with Gasteiger partial charge in [-0.1, -0.05) is 18.2 Å². The third-order valence-corrected chi connectivity index (χ3v) is 2.85. The average molecular weight is 283 g/mol. The van der Waals surface area contributed by atoms with Gasteiger partial charge in [0.05, 0.1) is 12.0 Å². The Morgan fingerprint density at radius 1 is 1.30 bits per heavy atom. The van der Waals surface area contributed by atoms with Crippen LogP contribution in [0.1, 0.15) is 28.7 Å². The zero-order valence-corrected chi connectivity index (χ0v) is 10.7. The maximum Gasteiger partial charge on any atom is 0.417 e. The standard InChI is InChI=1S/C13H12F3N3O/c1-2-19-12(17-8-18-19)7-11(20)9-5-3-4-6-10(9)13(14,15)16/h3-6,8H,2,7H2,1H3. The molecule has 0 aliphatic heterocycles. The summed E-state index contributed by atoms with van der Waals surface area (Å²) in [7, 11) is 0. The van der Waals surface area contributed by atoms with E-state index >= 15 is 0 Å². The molecule has 0 radical (unpaired) electrons. The second-order valence-electron chi connectivity index (χ2n) is 4.14. The Bertz CT molecular complexity index is 619. The lowest BCUT2D eigenvalue weighted by Gasteiger charge is -2.11. The first kappa shape index (κ1) is 14.2. The number of Topliss-reactive ketones (excluding diaryl/α,β-unsaturated/α-hetero) is 1. The minimum Gasteiger partial charge on any atom is -0.294 e. The van der Waals surface area contributed by atoms with E-state index in [4.69, 9.17) is 0 Å². The molecule has 0 spiro atoms. The molecule has 0 unspecified atom stereocenters. The summed E-state index contributed by atoms with van der Waals surface area (Å²) in [4.78, 5) is 16.0. The number of hydrogen-bond acceptors (Lipinski definition) is 3. The van der Waals surface area contributed by atoms with E-state index < -0.39 is 17.5 Å². The van der Waals surface area contributed by atoms with E-state index in [1.54, 1.807) is 0 Å². The highest BCUT2D eigenvalue weighted by Crippen LogP contribution is 2.32. The van der Waals surface area contributed by atoms with E-state index in [2.05, 4.69) is 10.1 Å². The smallest absolute Gasteiger partial charge is 0.294 e. The zero-order valence-electron chi connectivity index (χ0n) is 10.7. The van der Waals surface area contributed by atoms with E-state index in [0.29, 0.717) is 12.4 Å². The highest BCUT2D eigenvalue weighted by Gasteiger charge is 2.34. The second-order valence-corrected chi connectivity index (χ2v) is 4.14. The Labute approximate surface area is 113 Å². The summed E-state index contributed by atoms with van der Waals surface area (Å²) < 4.78 is 40.0. The van der Waals surface area contributed by atoms with Gasteiger partial charge in [0.2, 0.25) is 0 Å². The van der Waals surface area contributed by atoms with Gasteiger partial charge in [-0.05, 0) is 13.0 Å². The van der Waals surface area contributed by atoms with Crippen molar-refractivity contribution in [3.8, 4) is 0 Å². The first-order chi connectivity index (χ1) is 9.43. The fourth-order valence-corrected chi connectivity index (χ4v) is 1.90. The van der Waals surface area contributed by atoms with Crippen LogP contribution in [0.3, 0.4) is 0 Å². The molecular formula is C13H12F3N3O. The highest BCUT2D eigenvalue weighted by atomic mass is 19.4. The molecule has 0 amide bonds. The Morgan fingerprint density at radius 2 is 2.00 bits per heavy atom. The van der Waals surface area contributed by atoms with Gasteiger partial charge in [0.1, 0.15) is 12.2 Å². The molecule has 0 aliphatic carbocycles. The fourth-order valence-electron chi connectivity index (χ4n) is 1.90. The first-order valence-electron chi connectivity index (χ1n) is 5.99. The first-order valence-corrected chi connectivity index (χ1v) is 5.99. The van der Waals surface area contributed by atoms with E-state index in [0.717, 1.165) is 6.07 Å². The summed E-state index contributed by atoms with van der Waals surface area (Å²) in [5.74, 6) is -0.268. The molecule has 106 valence electrons. The summed E-state index contributed by atoms with van der Waals surface area (Å²) >= 11 is 0. The minimum atomic E-state index is -4.55. The summed E-state index contributed by atoms with van der Waals surface area (Å²) in [6.45, 7) is 2.32. The Morgan fingerprint density at radius 3 is 2.65 bits per heavy atom. The molecule has 1 heterocycles. The van der Waals surface area contributed by atoms with E-state index in [9.17, 15) is 18.0 Å². The normalized spacial score (nSPS) is 11.6. The van der Waals surface area contributed by atoms with Crippen LogP contribution in [0.15, 0.2) is 30.6 Å². The van der Waals surface area contributed by atoms with Crippen LogP contribution in [-0.4, -0.2) is 20.5 Å². The summed E-state index contributed by atoms with van der Waals surface area (Å²) in [5.41, 5.74) is -1.27. The lowest BCUT2D eigenvalue weighted by Crippen LogP contribution is -2.16. The number of ketones is 1. The molecule has 4 nitrogen and oxygen atoms in total. The van der Waals surface area contributed by atoms with Crippen LogP contribution in [0, 0.1) is 0 Å². The maximum atomic E-state index is 12.8. The number of aryl methyl sites for hydroxylation is 1. The lowest BCUT2D eigenvalue weighted by molar-refractivity contribution is -0.137. The van der Waals surface area contributed by atoms with Gasteiger partial charge >= 0.3 is 6.18 Å². The Kier molecular flexibility index (Phi) is 3.87. The van der Waals surface area contributed by atoms with Crippen molar-refractivity contribution in [3.63, 3.8) is 0 Å². The second kappa shape index (κ2) is 5.44. The molecule has 20 heavy (non-hydrogen) atoms. The Balaban J connectivity index is 2.31. The van der Waals surface area contributed by atoms with Gasteiger partial charge in [-0.25, -0.2) is 9.67 Å². The third-order valence-electron chi connectivity index (χ3n) is 2.85. The molecule has 0 aliphatic rings. The monoisotopic (exact) mass is 283 g/mol. The molecule has 0 saturated carbocycles. The van der Waals surface area contributed by atoms with Crippen LogP contribution in [0.5, 0.6) is 0 Å². The number of carbonyl (C=O) groups excluding carboxylic acids is 1. The molecule has 1 aromatic carbocycles. The van der Waals surface area contributed by atoms with Gasteiger partial charge in [-0.2, -0.15) is 18.3 Å². The molecule has 0 N–H and O–H groups in total. The van der Waals surface area contributed by atoms with E-state index in [1.165, 1.54) is 29.2 Å². The van der Waals surface area contributed by atoms with Crippen LogP contribution in [-0.2, 0) is 19.1 Å². The van der Waals surface area contributed by atoms with Crippen molar-refractivity contribution in [3.05, 3.63) is 47.5 Å². The maximum absolute atomic E-state index is 12.8. The predicted molar refractivity (Wildman–Crippen MR) is 65.2 cm³/mol. The summed E-state index contributed by atoms with van der Waals surface area (Å²) in [6.07, 6.45) is -3.48. The number of halogens is 3. The molecule has 2 rings (SSSR count). The van der Waals surface area contributed by atoms with Gasteiger partial charge in [-0.15, -0.1) is 0 Å². The minimum absolute atomic E-state index is 0.207. The van der Waals surface area contributed by atoms with E-state index in [-0.39, 0.29) is 12.0 Å². The van der Waals surface area contributed by atoms with Crippen molar-refractivity contribution in [2.75, 3.05) is 0 Å².